The number of rotatable bonds is 6. The third-order valence-electron chi connectivity index (χ3n) is 3.00. The lowest BCUT2D eigenvalue weighted by atomic mass is 10.2. The van der Waals surface area contributed by atoms with Crippen LogP contribution in [0.1, 0.15) is 11.1 Å². The normalized spacial score (nSPS) is 12.2. The first kappa shape index (κ1) is 18.1. The SMILES string of the molecule is CSc1ccc(/C=N/N=C(N)N/N=C/c2ccc(SC)cc2)cc1. The van der Waals surface area contributed by atoms with Crippen LogP contribution in [0, 0.1) is 0 Å². The van der Waals surface area contributed by atoms with Gasteiger partial charge in [0, 0.05) is 9.79 Å². The van der Waals surface area contributed by atoms with Gasteiger partial charge in [-0.2, -0.15) is 10.2 Å². The van der Waals surface area contributed by atoms with Gasteiger partial charge in [0.1, 0.15) is 0 Å². The van der Waals surface area contributed by atoms with E-state index in [4.69, 9.17) is 5.73 Å². The van der Waals surface area contributed by atoms with Crippen LogP contribution in [0.15, 0.2) is 73.6 Å². The molecule has 0 radical (unpaired) electrons. The van der Waals surface area contributed by atoms with E-state index >= 15 is 0 Å². The van der Waals surface area contributed by atoms with E-state index in [1.54, 1.807) is 36.0 Å². The monoisotopic (exact) mass is 357 g/mol. The number of hydrogen-bond acceptors (Lipinski definition) is 5. The van der Waals surface area contributed by atoms with Crippen LogP contribution >= 0.6 is 23.5 Å². The highest BCUT2D eigenvalue weighted by atomic mass is 32.2. The van der Waals surface area contributed by atoms with E-state index in [0.717, 1.165) is 11.1 Å². The van der Waals surface area contributed by atoms with Crippen molar-refractivity contribution in [2.45, 2.75) is 9.79 Å². The maximum absolute atomic E-state index is 5.70. The Balaban J connectivity index is 1.86. The van der Waals surface area contributed by atoms with E-state index < -0.39 is 0 Å². The fourth-order valence-corrected chi connectivity index (χ4v) is 2.55. The molecule has 2 rings (SSSR count). The summed E-state index contributed by atoms with van der Waals surface area (Å²) in [6.45, 7) is 0. The number of hydrazone groups is 1. The summed E-state index contributed by atoms with van der Waals surface area (Å²) in [7, 11) is 0. The molecule has 0 saturated heterocycles. The lowest BCUT2D eigenvalue weighted by Gasteiger charge is -1.98. The zero-order valence-electron chi connectivity index (χ0n) is 13.5. The topological polar surface area (TPSA) is 75.1 Å². The molecule has 0 heterocycles. The van der Waals surface area contributed by atoms with Gasteiger partial charge in [-0.15, -0.1) is 28.6 Å². The number of hydrogen-bond donors (Lipinski definition) is 2. The molecule has 7 heteroatoms. The van der Waals surface area contributed by atoms with Gasteiger partial charge in [0.2, 0.25) is 5.96 Å². The summed E-state index contributed by atoms with van der Waals surface area (Å²) in [5.41, 5.74) is 10.3. The molecule has 2 aromatic rings. The van der Waals surface area contributed by atoms with Crippen molar-refractivity contribution in [2.75, 3.05) is 12.5 Å². The Labute approximate surface area is 150 Å². The predicted octanol–water partition coefficient (Wildman–Crippen LogP) is 3.40. The van der Waals surface area contributed by atoms with E-state index in [9.17, 15) is 0 Å². The maximum Gasteiger partial charge on any atom is 0.234 e. The van der Waals surface area contributed by atoms with Gasteiger partial charge in [0.25, 0.3) is 0 Å². The van der Waals surface area contributed by atoms with Gasteiger partial charge in [0.05, 0.1) is 12.4 Å². The molecule has 0 aliphatic heterocycles. The summed E-state index contributed by atoms with van der Waals surface area (Å²) in [6, 6.07) is 16.1. The second kappa shape index (κ2) is 9.79. The highest BCUT2D eigenvalue weighted by molar-refractivity contribution is 7.98. The summed E-state index contributed by atoms with van der Waals surface area (Å²) < 4.78 is 0. The molecule has 0 amide bonds. The maximum atomic E-state index is 5.70. The Hall–Kier alpha value is -2.25. The van der Waals surface area contributed by atoms with E-state index in [0.29, 0.717) is 0 Å². The molecule has 0 aliphatic rings. The number of nitrogens with one attached hydrogen (secondary N) is 1. The van der Waals surface area contributed by atoms with Crippen LogP contribution in [0.5, 0.6) is 0 Å². The van der Waals surface area contributed by atoms with Crippen molar-refractivity contribution in [2.24, 2.45) is 21.0 Å². The van der Waals surface area contributed by atoms with E-state index in [1.807, 2.05) is 61.0 Å². The standard InChI is InChI=1S/C17H19N5S2/c1-23-15-7-3-13(4-8-15)11-19-21-17(18)22-20-12-14-5-9-16(24-2)10-6-14/h3-12H,1-2H3,(H3,18,21,22)/b19-11+,20-12+. The minimum atomic E-state index is 0.129. The second-order valence-corrected chi connectivity index (χ2v) is 6.41. The van der Waals surface area contributed by atoms with Crippen molar-refractivity contribution in [1.82, 2.24) is 5.43 Å². The number of nitrogens with zero attached hydrogens (tertiary/aromatic N) is 3. The van der Waals surface area contributed by atoms with Crippen LogP contribution in [0.2, 0.25) is 0 Å². The van der Waals surface area contributed by atoms with Crippen molar-refractivity contribution in [1.29, 1.82) is 0 Å². The summed E-state index contributed by atoms with van der Waals surface area (Å²) in [5, 5.41) is 11.8. The summed E-state index contributed by atoms with van der Waals surface area (Å²) in [4.78, 5) is 2.41. The highest BCUT2D eigenvalue weighted by Gasteiger charge is 1.92. The Morgan fingerprint density at radius 2 is 1.38 bits per heavy atom. The van der Waals surface area contributed by atoms with Gasteiger partial charge in [0.15, 0.2) is 0 Å². The van der Waals surface area contributed by atoms with Crippen LogP contribution < -0.4 is 11.2 Å². The molecule has 0 spiro atoms. The Morgan fingerprint density at radius 3 is 1.88 bits per heavy atom. The fourth-order valence-electron chi connectivity index (χ4n) is 1.73. The van der Waals surface area contributed by atoms with E-state index in [1.165, 1.54) is 9.79 Å². The van der Waals surface area contributed by atoms with Crippen molar-refractivity contribution in [3.05, 3.63) is 59.7 Å². The molecule has 0 saturated carbocycles. The third-order valence-corrected chi connectivity index (χ3v) is 4.48. The molecule has 0 bridgehead atoms. The zero-order valence-corrected chi connectivity index (χ0v) is 15.1. The minimum absolute atomic E-state index is 0.129. The molecule has 0 atom stereocenters. The van der Waals surface area contributed by atoms with Crippen molar-refractivity contribution in [3.8, 4) is 0 Å². The van der Waals surface area contributed by atoms with Gasteiger partial charge >= 0.3 is 0 Å². The Bertz CT molecular complexity index is 722. The molecule has 0 unspecified atom stereocenters. The largest absolute Gasteiger partial charge is 0.367 e. The summed E-state index contributed by atoms with van der Waals surface area (Å²) >= 11 is 3.40. The molecule has 124 valence electrons. The Kier molecular flexibility index (Phi) is 7.38. The smallest absolute Gasteiger partial charge is 0.234 e. The summed E-state index contributed by atoms with van der Waals surface area (Å²) in [5.74, 6) is 0.129. The number of thioether (sulfide) groups is 2. The highest BCUT2D eigenvalue weighted by Crippen LogP contribution is 2.14. The molecule has 0 fully saturated rings. The van der Waals surface area contributed by atoms with Crippen molar-refractivity contribution < 1.29 is 0 Å². The summed E-state index contributed by atoms with van der Waals surface area (Å²) in [6.07, 6.45) is 7.40. The molecule has 2 aromatic carbocycles. The zero-order chi connectivity index (χ0) is 17.2. The first-order valence-electron chi connectivity index (χ1n) is 7.15. The second-order valence-electron chi connectivity index (χ2n) is 4.65. The van der Waals surface area contributed by atoms with Crippen molar-refractivity contribution in [3.63, 3.8) is 0 Å². The molecule has 5 nitrogen and oxygen atoms in total. The van der Waals surface area contributed by atoms with E-state index in [2.05, 4.69) is 20.7 Å². The van der Waals surface area contributed by atoms with Gasteiger partial charge in [-0.25, -0.2) is 5.43 Å². The van der Waals surface area contributed by atoms with Crippen molar-refractivity contribution >= 4 is 41.9 Å². The van der Waals surface area contributed by atoms with Gasteiger partial charge in [-0.05, 0) is 47.9 Å². The molecule has 3 N–H and O–H groups in total. The number of guanidine groups is 1. The molecule has 0 aliphatic carbocycles. The Morgan fingerprint density at radius 1 is 0.875 bits per heavy atom. The average molecular weight is 358 g/mol. The first-order chi connectivity index (χ1) is 11.7. The van der Waals surface area contributed by atoms with Gasteiger partial charge in [-0.3, -0.25) is 0 Å². The van der Waals surface area contributed by atoms with Gasteiger partial charge in [-0.1, -0.05) is 24.3 Å². The van der Waals surface area contributed by atoms with Crippen LogP contribution in [-0.4, -0.2) is 30.9 Å². The predicted molar refractivity (Wildman–Crippen MR) is 106 cm³/mol. The van der Waals surface area contributed by atoms with E-state index in [-0.39, 0.29) is 5.96 Å². The molecule has 0 aromatic heterocycles. The number of benzene rings is 2. The van der Waals surface area contributed by atoms with Crippen LogP contribution in [-0.2, 0) is 0 Å². The first-order valence-corrected chi connectivity index (χ1v) is 9.60. The molecule has 24 heavy (non-hydrogen) atoms. The van der Waals surface area contributed by atoms with Gasteiger partial charge < -0.3 is 5.73 Å². The lowest BCUT2D eigenvalue weighted by molar-refractivity contribution is 0.994. The lowest BCUT2D eigenvalue weighted by Crippen LogP contribution is -2.26. The molecular weight excluding hydrogens is 338 g/mol. The minimum Gasteiger partial charge on any atom is -0.367 e. The third kappa shape index (κ3) is 6.10. The van der Waals surface area contributed by atoms with Crippen LogP contribution in [0.3, 0.4) is 0 Å². The van der Waals surface area contributed by atoms with Crippen LogP contribution in [0.4, 0.5) is 0 Å². The molecular formula is C17H19N5S2. The quantitative estimate of drug-likeness (QED) is 0.360. The number of nitrogens with two attached hydrogens (primary N) is 1. The average Bonchev–Trinajstić information content (AvgIpc) is 2.63. The van der Waals surface area contributed by atoms with Crippen LogP contribution in [0.25, 0.3) is 0 Å². The fraction of sp³-hybridized carbons (Fsp3) is 0.118.